The van der Waals surface area contributed by atoms with Gasteiger partial charge >= 0.3 is 5.97 Å². The van der Waals surface area contributed by atoms with Crippen LogP contribution in [0.4, 0.5) is 0 Å². The molecule has 0 radical (unpaired) electrons. The van der Waals surface area contributed by atoms with Crippen molar-refractivity contribution in [2.75, 3.05) is 33.0 Å². The van der Waals surface area contributed by atoms with Crippen molar-refractivity contribution < 1.29 is 119 Å². The number of fused-ring (bicyclic) bond motifs is 7. The van der Waals surface area contributed by atoms with Crippen molar-refractivity contribution in [3.8, 4) is 0 Å². The van der Waals surface area contributed by atoms with E-state index in [9.17, 15) is 81.4 Å². The second-order valence-corrected chi connectivity index (χ2v) is 25.8. The second kappa shape index (κ2) is 21.8. The molecular formula is C53H86O24. The van der Waals surface area contributed by atoms with Gasteiger partial charge in [0.15, 0.2) is 18.9 Å². The van der Waals surface area contributed by atoms with Crippen molar-refractivity contribution in [2.24, 2.45) is 50.2 Å². The standard InChI is InChI=1S/C53H86O24/c1-48(2)13-14-53(47(69)77-45-38(66)36(64)33(61)26(18-55)72-45)23(15-48)22-7-8-29-49(3)11-10-31(50(4,21-57)28(49)9-12-51(29,5)52(22,6)16-30(53)59)74-43-39(67)41(24(58)20-70-43)75-46-40(68)42(34(62)27(19-56)73-46)76-44-37(65)35(63)32(60)25(17-54)71-44/h7,23-46,54-68H,8-21H2,1-6H3/t23-,24-,25+,26+,27+,28+,29+,30+,31-,32+,33+,34+,35-,36-,37+,38+,39+,40+,41-,42-,43-,44-,45-,46-,49-,50-,51+,52+,53+/m0/s1. The Hall–Kier alpha value is -1.67. The van der Waals surface area contributed by atoms with Gasteiger partial charge in [0.05, 0.1) is 45.2 Å². The summed E-state index contributed by atoms with van der Waals surface area (Å²) < 4.78 is 46.9. The first-order valence-electron chi connectivity index (χ1n) is 27.5. The summed E-state index contributed by atoms with van der Waals surface area (Å²) >= 11 is 0. The van der Waals surface area contributed by atoms with E-state index in [-0.39, 0.29) is 36.7 Å². The Labute approximate surface area is 447 Å². The number of rotatable bonds is 12. The molecule has 77 heavy (non-hydrogen) atoms. The van der Waals surface area contributed by atoms with Gasteiger partial charge in [0.25, 0.3) is 0 Å². The summed E-state index contributed by atoms with van der Waals surface area (Å²) in [6, 6.07) is 0. The van der Waals surface area contributed by atoms with Gasteiger partial charge in [-0.2, -0.15) is 0 Å². The first-order chi connectivity index (χ1) is 36.1. The first kappa shape index (κ1) is 59.9. The Morgan fingerprint density at radius 1 is 0.584 bits per heavy atom. The summed E-state index contributed by atoms with van der Waals surface area (Å²) in [7, 11) is 0. The van der Waals surface area contributed by atoms with Crippen LogP contribution < -0.4 is 0 Å². The molecule has 4 saturated heterocycles. The zero-order valence-electron chi connectivity index (χ0n) is 44.7. The largest absolute Gasteiger partial charge is 0.432 e. The first-order valence-corrected chi connectivity index (χ1v) is 27.5. The van der Waals surface area contributed by atoms with Crippen molar-refractivity contribution in [3.05, 3.63) is 11.6 Å². The molecule has 29 atom stereocenters. The molecule has 4 aliphatic heterocycles. The lowest BCUT2D eigenvalue weighted by Crippen LogP contribution is -2.69. The van der Waals surface area contributed by atoms with Crippen LogP contribution in [0.1, 0.15) is 99.3 Å². The molecule has 5 aliphatic carbocycles. The number of aliphatic hydroxyl groups excluding tert-OH is 15. The Balaban J connectivity index is 0.922. The monoisotopic (exact) mass is 1110 g/mol. The van der Waals surface area contributed by atoms with E-state index >= 15 is 0 Å². The van der Waals surface area contributed by atoms with Gasteiger partial charge in [-0.3, -0.25) is 4.79 Å². The average molecular weight is 1110 g/mol. The number of hydrogen-bond acceptors (Lipinski definition) is 24. The Morgan fingerprint density at radius 3 is 1.75 bits per heavy atom. The molecule has 0 bridgehead atoms. The molecule has 442 valence electrons. The number of hydrogen-bond donors (Lipinski definition) is 15. The molecule has 0 aromatic rings. The third-order valence-corrected chi connectivity index (χ3v) is 21.2. The molecule has 4 saturated carbocycles. The molecular weight excluding hydrogens is 1020 g/mol. The lowest BCUT2D eigenvalue weighted by atomic mass is 9.33. The Kier molecular flexibility index (Phi) is 17.0. The molecule has 0 amide bonds. The van der Waals surface area contributed by atoms with E-state index < -0.39 is 194 Å². The fourth-order valence-electron chi connectivity index (χ4n) is 16.4. The van der Waals surface area contributed by atoms with E-state index in [2.05, 4.69) is 40.7 Å². The molecule has 9 aliphatic rings. The fraction of sp³-hybridized carbons (Fsp3) is 0.943. The van der Waals surface area contributed by atoms with Crippen molar-refractivity contribution >= 4 is 5.97 Å². The maximum Gasteiger partial charge on any atom is 0.317 e. The van der Waals surface area contributed by atoms with Gasteiger partial charge in [-0.1, -0.05) is 53.2 Å². The Morgan fingerprint density at radius 2 is 1.14 bits per heavy atom. The van der Waals surface area contributed by atoms with Crippen LogP contribution in [0.2, 0.25) is 0 Å². The topological polar surface area (TPSA) is 394 Å². The highest BCUT2D eigenvalue weighted by molar-refractivity contribution is 5.80. The zero-order chi connectivity index (χ0) is 56.3. The van der Waals surface area contributed by atoms with Crippen LogP contribution in [-0.2, 0) is 42.7 Å². The average Bonchev–Trinajstić information content (AvgIpc) is 3.58. The van der Waals surface area contributed by atoms with Crippen LogP contribution >= 0.6 is 0 Å². The van der Waals surface area contributed by atoms with Crippen molar-refractivity contribution in [2.45, 2.75) is 228 Å². The van der Waals surface area contributed by atoms with Crippen molar-refractivity contribution in [3.63, 3.8) is 0 Å². The summed E-state index contributed by atoms with van der Waals surface area (Å²) in [6.45, 7) is 9.92. The molecule has 15 N–H and O–H groups in total. The summed E-state index contributed by atoms with van der Waals surface area (Å²) in [6.07, 6.45) is -27.0. The molecule has 0 aromatic heterocycles. The lowest BCUT2D eigenvalue weighted by Gasteiger charge is -2.72. The highest BCUT2D eigenvalue weighted by Gasteiger charge is 2.72. The maximum absolute atomic E-state index is 14.8. The van der Waals surface area contributed by atoms with Gasteiger partial charge in [-0.05, 0) is 97.2 Å². The molecule has 24 heteroatoms. The molecule has 8 fully saturated rings. The van der Waals surface area contributed by atoms with Crippen LogP contribution in [0.25, 0.3) is 0 Å². The summed E-state index contributed by atoms with van der Waals surface area (Å²) in [5.41, 5.74) is -2.97. The van der Waals surface area contributed by atoms with Crippen molar-refractivity contribution in [1.29, 1.82) is 0 Å². The van der Waals surface area contributed by atoms with Crippen molar-refractivity contribution in [1.82, 2.24) is 0 Å². The SMILES string of the molecule is CC1(C)CC[C@]2(C(=O)O[C@@H]3O[C@H](CO)[C@@H](O)[C@H](O)[C@H]3O)[C@H](O)C[C@]3(C)C(=CC[C@@H]4[C@@]5(C)CC[C@H](O[C@@H]6OC[C@H](O)[C@H](O[C@@H]7O[C@H](CO)[C@@H](O)[C@H](O[C@@H]8O[C@H](CO)[C@@H](O)[C@H](O)[C@H]8O)[C@H]7O)[C@H]6O)[C@@](C)(CO)[C@@H]5CC[C@]43C)[C@@H]2C1. The van der Waals surface area contributed by atoms with E-state index in [0.717, 1.165) is 5.57 Å². The molecule has 0 aromatic carbocycles. The normalized spacial score (nSPS) is 54.7. The van der Waals surface area contributed by atoms with E-state index in [1.807, 2.05) is 6.92 Å². The van der Waals surface area contributed by atoms with Gasteiger partial charge < -0.3 is 114 Å². The summed E-state index contributed by atoms with van der Waals surface area (Å²) in [4.78, 5) is 14.8. The third kappa shape index (κ3) is 9.59. The maximum atomic E-state index is 14.8. The van der Waals surface area contributed by atoms with Crippen LogP contribution in [0, 0.1) is 50.2 Å². The van der Waals surface area contributed by atoms with Crippen LogP contribution in [0.5, 0.6) is 0 Å². The minimum Gasteiger partial charge on any atom is -0.432 e. The quantitative estimate of drug-likeness (QED) is 0.0513. The number of esters is 1. The third-order valence-electron chi connectivity index (χ3n) is 21.2. The van der Waals surface area contributed by atoms with Crippen LogP contribution in [-0.4, -0.2) is 245 Å². The highest BCUT2D eigenvalue weighted by Crippen LogP contribution is 2.76. The molecule has 9 rings (SSSR count). The molecule has 0 spiro atoms. The number of carbonyl (C=O) groups excluding carboxylic acids is 1. The van der Waals surface area contributed by atoms with Gasteiger partial charge in [0.1, 0.15) is 97.0 Å². The van der Waals surface area contributed by atoms with Gasteiger partial charge in [0, 0.05) is 5.41 Å². The van der Waals surface area contributed by atoms with Gasteiger partial charge in [0.2, 0.25) is 6.29 Å². The molecule has 0 unspecified atom stereocenters. The highest BCUT2D eigenvalue weighted by atomic mass is 16.8. The predicted molar refractivity (Wildman–Crippen MR) is 260 cm³/mol. The smallest absolute Gasteiger partial charge is 0.317 e. The number of carbonyl (C=O) groups is 1. The zero-order valence-corrected chi connectivity index (χ0v) is 44.7. The van der Waals surface area contributed by atoms with E-state index in [1.54, 1.807) is 0 Å². The van der Waals surface area contributed by atoms with Crippen LogP contribution in [0.3, 0.4) is 0 Å². The molecule has 4 heterocycles. The van der Waals surface area contributed by atoms with Gasteiger partial charge in [-0.15, -0.1) is 0 Å². The van der Waals surface area contributed by atoms with E-state index in [1.165, 1.54) is 0 Å². The minimum atomic E-state index is -1.95. The Bertz CT molecular complexity index is 2120. The van der Waals surface area contributed by atoms with Crippen LogP contribution in [0.15, 0.2) is 11.6 Å². The number of allylic oxidation sites excluding steroid dienone is 2. The lowest BCUT2D eigenvalue weighted by molar-refractivity contribution is -0.379. The number of ether oxygens (including phenoxy) is 8. The van der Waals surface area contributed by atoms with E-state index in [0.29, 0.717) is 44.9 Å². The summed E-state index contributed by atoms with van der Waals surface area (Å²) in [5, 5.41) is 163. The molecule has 24 nitrogen and oxygen atoms in total. The minimum absolute atomic E-state index is 0.0211. The van der Waals surface area contributed by atoms with E-state index in [4.69, 9.17) is 37.9 Å². The number of aliphatic hydroxyl groups is 15. The van der Waals surface area contributed by atoms with Gasteiger partial charge in [-0.25, -0.2) is 0 Å². The summed E-state index contributed by atoms with van der Waals surface area (Å²) in [5.74, 6) is -1.37. The predicted octanol–water partition coefficient (Wildman–Crippen LogP) is -3.45. The second-order valence-electron chi connectivity index (χ2n) is 25.8. The fourth-order valence-corrected chi connectivity index (χ4v) is 16.4.